The first-order chi connectivity index (χ1) is 11.7. The Kier molecular flexibility index (Phi) is 7.57. The van der Waals surface area contributed by atoms with Crippen LogP contribution in [0, 0.1) is 6.92 Å². The third kappa shape index (κ3) is 5.54. The Hall–Kier alpha value is -2.06. The molecule has 0 unspecified atom stereocenters. The number of methoxy groups -OCH3 is 1. The molecule has 0 aliphatic rings. The van der Waals surface area contributed by atoms with E-state index in [4.69, 9.17) is 9.47 Å². The van der Waals surface area contributed by atoms with Crippen LogP contribution in [-0.2, 0) is 4.74 Å². The van der Waals surface area contributed by atoms with Gasteiger partial charge < -0.3 is 9.47 Å². The van der Waals surface area contributed by atoms with Crippen LogP contribution in [-0.4, -0.2) is 20.3 Å². The summed E-state index contributed by atoms with van der Waals surface area (Å²) >= 11 is 0. The van der Waals surface area contributed by atoms with E-state index in [0.29, 0.717) is 0 Å². The fraction of sp³-hybridized carbons (Fsp3) is 0.364. The zero-order chi connectivity index (χ0) is 17.2. The Labute approximate surface area is 146 Å². The number of rotatable bonds is 10. The summed E-state index contributed by atoms with van der Waals surface area (Å²) in [5.74, 6) is 0.937. The van der Waals surface area contributed by atoms with E-state index in [0.717, 1.165) is 31.8 Å². The number of aryl methyl sites for hydroxylation is 1. The van der Waals surface area contributed by atoms with E-state index in [1.165, 1.54) is 35.1 Å². The van der Waals surface area contributed by atoms with E-state index in [-0.39, 0.29) is 0 Å². The van der Waals surface area contributed by atoms with Crippen molar-refractivity contribution in [1.82, 2.24) is 0 Å². The third-order valence-electron chi connectivity index (χ3n) is 4.20. The molecule has 2 aromatic rings. The highest BCUT2D eigenvalue weighted by atomic mass is 16.5. The van der Waals surface area contributed by atoms with Crippen molar-refractivity contribution in [1.29, 1.82) is 0 Å². The van der Waals surface area contributed by atoms with E-state index in [1.807, 2.05) is 18.2 Å². The molecular weight excluding hydrogens is 296 g/mol. The average molecular weight is 324 g/mol. The molecule has 24 heavy (non-hydrogen) atoms. The van der Waals surface area contributed by atoms with Crippen molar-refractivity contribution < 1.29 is 9.47 Å². The maximum absolute atomic E-state index is 5.82. The minimum absolute atomic E-state index is 0.775. The topological polar surface area (TPSA) is 18.5 Å². The van der Waals surface area contributed by atoms with Crippen LogP contribution in [0.2, 0.25) is 0 Å². The fourth-order valence-corrected chi connectivity index (χ4v) is 2.68. The molecule has 0 radical (unpaired) electrons. The molecule has 0 amide bonds. The highest BCUT2D eigenvalue weighted by Crippen LogP contribution is 2.25. The van der Waals surface area contributed by atoms with E-state index >= 15 is 0 Å². The SMILES string of the molecule is C=Cc1cc(-c2ccc(OCCCCCCOC)cc2)ccc1C. The van der Waals surface area contributed by atoms with Crippen molar-refractivity contribution in [3.8, 4) is 16.9 Å². The van der Waals surface area contributed by atoms with Gasteiger partial charge in [-0.25, -0.2) is 0 Å². The molecule has 2 heteroatoms. The Balaban J connectivity index is 1.83. The van der Waals surface area contributed by atoms with Gasteiger partial charge in [-0.2, -0.15) is 0 Å². The monoisotopic (exact) mass is 324 g/mol. The summed E-state index contributed by atoms with van der Waals surface area (Å²) in [6.07, 6.45) is 6.52. The third-order valence-corrected chi connectivity index (χ3v) is 4.20. The minimum Gasteiger partial charge on any atom is -0.494 e. The summed E-state index contributed by atoms with van der Waals surface area (Å²) < 4.78 is 10.9. The lowest BCUT2D eigenvalue weighted by Gasteiger charge is -2.09. The Morgan fingerprint density at radius 3 is 2.21 bits per heavy atom. The summed E-state index contributed by atoms with van der Waals surface area (Å²) in [4.78, 5) is 0. The molecule has 128 valence electrons. The van der Waals surface area contributed by atoms with Gasteiger partial charge in [-0.3, -0.25) is 0 Å². The number of benzene rings is 2. The van der Waals surface area contributed by atoms with Gasteiger partial charge in [-0.05, 0) is 66.6 Å². The second kappa shape index (κ2) is 9.94. The molecule has 0 aliphatic heterocycles. The molecule has 0 saturated heterocycles. The molecular formula is C22H28O2. The summed E-state index contributed by atoms with van der Waals surface area (Å²) in [6, 6.07) is 14.8. The zero-order valence-electron chi connectivity index (χ0n) is 14.9. The number of ether oxygens (including phenoxy) is 2. The van der Waals surface area contributed by atoms with E-state index in [2.05, 4.69) is 43.8 Å². The van der Waals surface area contributed by atoms with Crippen LogP contribution in [0.4, 0.5) is 0 Å². The van der Waals surface area contributed by atoms with Crippen molar-refractivity contribution in [3.63, 3.8) is 0 Å². The smallest absolute Gasteiger partial charge is 0.119 e. The van der Waals surface area contributed by atoms with E-state index in [1.54, 1.807) is 7.11 Å². The predicted octanol–water partition coefficient (Wildman–Crippen LogP) is 5.89. The van der Waals surface area contributed by atoms with Gasteiger partial charge in [0.15, 0.2) is 0 Å². The molecule has 2 rings (SSSR count). The second-order valence-electron chi connectivity index (χ2n) is 6.06. The molecule has 0 bridgehead atoms. The largest absolute Gasteiger partial charge is 0.494 e. The molecule has 0 N–H and O–H groups in total. The van der Waals surface area contributed by atoms with Crippen LogP contribution in [0.1, 0.15) is 36.8 Å². The number of hydrogen-bond donors (Lipinski definition) is 0. The van der Waals surface area contributed by atoms with Gasteiger partial charge in [0.05, 0.1) is 6.61 Å². The average Bonchev–Trinajstić information content (AvgIpc) is 2.62. The highest BCUT2D eigenvalue weighted by molar-refractivity contribution is 5.69. The lowest BCUT2D eigenvalue weighted by molar-refractivity contribution is 0.191. The molecule has 0 atom stereocenters. The summed E-state index contributed by atoms with van der Waals surface area (Å²) in [5, 5.41) is 0. The Bertz CT molecular complexity index is 629. The molecule has 0 spiro atoms. The van der Waals surface area contributed by atoms with Gasteiger partial charge >= 0.3 is 0 Å². The first-order valence-corrected chi connectivity index (χ1v) is 8.70. The normalized spacial score (nSPS) is 10.6. The molecule has 0 aliphatic carbocycles. The van der Waals surface area contributed by atoms with E-state index < -0.39 is 0 Å². The predicted molar refractivity (Wildman–Crippen MR) is 103 cm³/mol. The molecule has 2 nitrogen and oxygen atoms in total. The van der Waals surface area contributed by atoms with Gasteiger partial charge in [-0.15, -0.1) is 0 Å². The number of unbranched alkanes of at least 4 members (excludes halogenated alkanes) is 3. The van der Waals surface area contributed by atoms with Crippen LogP contribution >= 0.6 is 0 Å². The molecule has 0 saturated carbocycles. The first-order valence-electron chi connectivity index (χ1n) is 8.70. The lowest BCUT2D eigenvalue weighted by Crippen LogP contribution is -1.97. The van der Waals surface area contributed by atoms with Crippen LogP contribution < -0.4 is 4.74 Å². The fourth-order valence-electron chi connectivity index (χ4n) is 2.68. The number of hydrogen-bond acceptors (Lipinski definition) is 2. The van der Waals surface area contributed by atoms with Crippen molar-refractivity contribution >= 4 is 6.08 Å². The molecule has 0 aromatic heterocycles. The van der Waals surface area contributed by atoms with Crippen molar-refractivity contribution in [2.75, 3.05) is 20.3 Å². The minimum atomic E-state index is 0.775. The van der Waals surface area contributed by atoms with Gasteiger partial charge in [0, 0.05) is 13.7 Å². The standard InChI is InChI=1S/C22H28O2/c1-4-19-17-21(10-9-18(19)2)20-11-13-22(14-12-20)24-16-8-6-5-7-15-23-3/h4,9-14,17H,1,5-8,15-16H2,2-3H3. The summed E-state index contributed by atoms with van der Waals surface area (Å²) in [5.41, 5.74) is 4.84. The van der Waals surface area contributed by atoms with Crippen LogP contribution in [0.3, 0.4) is 0 Å². The zero-order valence-corrected chi connectivity index (χ0v) is 14.9. The molecule has 0 heterocycles. The van der Waals surface area contributed by atoms with Gasteiger partial charge in [0.2, 0.25) is 0 Å². The van der Waals surface area contributed by atoms with E-state index in [9.17, 15) is 0 Å². The quantitative estimate of drug-likeness (QED) is 0.507. The van der Waals surface area contributed by atoms with Crippen molar-refractivity contribution in [2.45, 2.75) is 32.6 Å². The first kappa shape index (κ1) is 18.3. The summed E-state index contributed by atoms with van der Waals surface area (Å²) in [6.45, 7) is 7.61. The van der Waals surface area contributed by atoms with Crippen LogP contribution in [0.15, 0.2) is 49.0 Å². The maximum atomic E-state index is 5.82. The van der Waals surface area contributed by atoms with Gasteiger partial charge in [0.1, 0.15) is 5.75 Å². The second-order valence-corrected chi connectivity index (χ2v) is 6.06. The van der Waals surface area contributed by atoms with Crippen molar-refractivity contribution in [3.05, 3.63) is 60.2 Å². The Morgan fingerprint density at radius 1 is 0.875 bits per heavy atom. The highest BCUT2D eigenvalue weighted by Gasteiger charge is 2.02. The molecule has 2 aromatic carbocycles. The molecule has 0 fully saturated rings. The summed E-state index contributed by atoms with van der Waals surface area (Å²) in [7, 11) is 1.75. The Morgan fingerprint density at radius 2 is 1.54 bits per heavy atom. The lowest BCUT2D eigenvalue weighted by atomic mass is 10.00. The van der Waals surface area contributed by atoms with Crippen LogP contribution in [0.5, 0.6) is 5.75 Å². The van der Waals surface area contributed by atoms with Gasteiger partial charge in [-0.1, -0.05) is 43.3 Å². The maximum Gasteiger partial charge on any atom is 0.119 e. The van der Waals surface area contributed by atoms with Crippen molar-refractivity contribution in [2.24, 2.45) is 0 Å². The van der Waals surface area contributed by atoms with Crippen LogP contribution in [0.25, 0.3) is 17.2 Å². The van der Waals surface area contributed by atoms with Gasteiger partial charge in [0.25, 0.3) is 0 Å².